The normalized spacial score (nSPS) is 20.5. The number of carbonyl (C=O) groups excluding carboxylic acids is 1. The van der Waals surface area contributed by atoms with Crippen LogP contribution in [0, 0.1) is 5.92 Å². The van der Waals surface area contributed by atoms with Crippen LogP contribution in [-0.4, -0.2) is 28.6 Å². The Bertz CT molecular complexity index is 1160. The minimum atomic E-state index is -4.56. The van der Waals surface area contributed by atoms with E-state index in [1.54, 1.807) is 18.2 Å². The van der Waals surface area contributed by atoms with Crippen LogP contribution in [0.2, 0.25) is 0 Å². The van der Waals surface area contributed by atoms with Gasteiger partial charge in [0.1, 0.15) is 11.5 Å². The number of anilines is 3. The Morgan fingerprint density at radius 3 is 2.38 bits per heavy atom. The molecule has 0 unspecified atom stereocenters. The van der Waals surface area contributed by atoms with Gasteiger partial charge in [-0.15, -0.1) is 0 Å². The molecule has 3 fully saturated rings. The number of hydrogen-bond acceptors (Lipinski definition) is 4. The van der Waals surface area contributed by atoms with Crippen LogP contribution in [0.15, 0.2) is 48.7 Å². The van der Waals surface area contributed by atoms with Gasteiger partial charge in [-0.3, -0.25) is 4.90 Å². The molecule has 0 spiro atoms. The molecule has 3 aromatic rings. The van der Waals surface area contributed by atoms with Gasteiger partial charge in [0, 0.05) is 18.0 Å². The Labute approximate surface area is 182 Å². The Balaban J connectivity index is 1.45. The summed E-state index contributed by atoms with van der Waals surface area (Å²) in [4.78, 5) is 23.9. The summed E-state index contributed by atoms with van der Waals surface area (Å²) in [6.07, 6.45) is 1.43. The summed E-state index contributed by atoms with van der Waals surface area (Å²) in [5.41, 5.74) is 5.87. The number of piperidine rings is 2. The molecule has 4 heterocycles. The zero-order valence-electron chi connectivity index (χ0n) is 17.2. The van der Waals surface area contributed by atoms with Crippen molar-refractivity contribution in [1.29, 1.82) is 0 Å². The molecule has 2 aliphatic heterocycles. The average Bonchev–Trinajstić information content (AvgIpc) is 2.79. The molecule has 166 valence electrons. The van der Waals surface area contributed by atoms with Gasteiger partial charge in [0.15, 0.2) is 0 Å². The van der Waals surface area contributed by atoms with Crippen molar-refractivity contribution in [1.82, 2.24) is 9.97 Å². The lowest BCUT2D eigenvalue weighted by Gasteiger charge is -2.46. The highest BCUT2D eigenvalue weighted by Crippen LogP contribution is 2.38. The second-order valence-electron chi connectivity index (χ2n) is 8.45. The monoisotopic (exact) mass is 441 g/mol. The van der Waals surface area contributed by atoms with E-state index < -0.39 is 17.9 Å². The molecule has 6 rings (SSSR count). The summed E-state index contributed by atoms with van der Waals surface area (Å²) >= 11 is 0. The highest BCUT2D eigenvalue weighted by atomic mass is 19.4. The van der Waals surface area contributed by atoms with E-state index in [0.29, 0.717) is 11.7 Å². The van der Waals surface area contributed by atoms with E-state index in [1.807, 2.05) is 12.1 Å². The van der Waals surface area contributed by atoms with E-state index >= 15 is 0 Å². The quantitative estimate of drug-likeness (QED) is 0.603. The molecule has 2 bridgehead atoms. The molecule has 1 aliphatic carbocycles. The topological polar surface area (TPSA) is 75.4 Å². The van der Waals surface area contributed by atoms with Crippen molar-refractivity contribution in [3.63, 3.8) is 0 Å². The lowest BCUT2D eigenvalue weighted by molar-refractivity contribution is -0.141. The zero-order valence-corrected chi connectivity index (χ0v) is 17.2. The average molecular weight is 441 g/mol. The van der Waals surface area contributed by atoms with Crippen LogP contribution in [-0.2, 0) is 6.18 Å². The molecule has 2 amide bonds. The summed E-state index contributed by atoms with van der Waals surface area (Å²) in [5.74, 6) is 1.69. The first-order valence-corrected chi connectivity index (χ1v) is 10.6. The van der Waals surface area contributed by atoms with E-state index in [2.05, 4.69) is 9.88 Å². The van der Waals surface area contributed by atoms with Gasteiger partial charge in [0.25, 0.3) is 0 Å². The lowest BCUT2D eigenvalue weighted by Crippen LogP contribution is -2.48. The highest BCUT2D eigenvalue weighted by Gasteiger charge is 2.34. The largest absolute Gasteiger partial charge is 0.433 e. The third-order valence-corrected chi connectivity index (χ3v) is 6.44. The summed E-state index contributed by atoms with van der Waals surface area (Å²) in [5, 5.41) is 0.805. The van der Waals surface area contributed by atoms with Crippen LogP contribution in [0.3, 0.4) is 0 Å². The minimum Gasteiger partial charge on any atom is -0.353 e. The predicted octanol–water partition coefficient (Wildman–Crippen LogP) is 5.24. The van der Waals surface area contributed by atoms with Crippen molar-refractivity contribution in [2.45, 2.75) is 37.9 Å². The predicted molar refractivity (Wildman–Crippen MR) is 116 cm³/mol. The number of primary amides is 1. The maximum Gasteiger partial charge on any atom is 0.433 e. The van der Waals surface area contributed by atoms with Crippen molar-refractivity contribution in [2.75, 3.05) is 16.3 Å². The van der Waals surface area contributed by atoms with Crippen LogP contribution >= 0.6 is 0 Å². The number of benzene rings is 1. The van der Waals surface area contributed by atoms with Crippen molar-refractivity contribution in [3.8, 4) is 0 Å². The van der Waals surface area contributed by atoms with Crippen LogP contribution in [0.4, 0.5) is 35.2 Å². The van der Waals surface area contributed by atoms with Gasteiger partial charge in [0.2, 0.25) is 0 Å². The maximum atomic E-state index is 12.8. The van der Waals surface area contributed by atoms with Crippen LogP contribution < -0.4 is 15.5 Å². The summed E-state index contributed by atoms with van der Waals surface area (Å²) < 4.78 is 38.4. The second kappa shape index (κ2) is 7.65. The first-order chi connectivity index (χ1) is 15.3. The fraction of sp³-hybridized carbons (Fsp3) is 0.348. The van der Waals surface area contributed by atoms with E-state index in [0.717, 1.165) is 46.3 Å². The van der Waals surface area contributed by atoms with Crippen molar-refractivity contribution >= 4 is 34.1 Å². The van der Waals surface area contributed by atoms with Crippen LogP contribution in [0.5, 0.6) is 0 Å². The molecule has 3 aliphatic rings. The van der Waals surface area contributed by atoms with Gasteiger partial charge < -0.3 is 10.6 Å². The number of pyridine rings is 2. The second-order valence-corrected chi connectivity index (χ2v) is 8.45. The zero-order chi connectivity index (χ0) is 22.5. The molecule has 1 aromatic carbocycles. The maximum absolute atomic E-state index is 12.8. The molecule has 1 saturated carbocycles. The number of hydrogen-bond donors (Lipinski definition) is 1. The molecule has 2 saturated heterocycles. The van der Waals surface area contributed by atoms with Gasteiger partial charge in [-0.2, -0.15) is 13.2 Å². The first-order valence-electron chi connectivity index (χ1n) is 10.6. The highest BCUT2D eigenvalue weighted by molar-refractivity contribution is 6.00. The molecule has 6 nitrogen and oxygen atoms in total. The van der Waals surface area contributed by atoms with Crippen molar-refractivity contribution in [3.05, 3.63) is 54.4 Å². The van der Waals surface area contributed by atoms with E-state index in [1.165, 1.54) is 31.7 Å². The fourth-order valence-corrected chi connectivity index (χ4v) is 4.84. The van der Waals surface area contributed by atoms with Crippen LogP contribution in [0.25, 0.3) is 10.9 Å². The van der Waals surface area contributed by atoms with Gasteiger partial charge in [-0.25, -0.2) is 14.8 Å². The number of halogens is 3. The first kappa shape index (κ1) is 20.5. The number of rotatable bonds is 3. The molecule has 0 atom stereocenters. The number of urea groups is 1. The standard InChI is InChI=1S/C23H22F3N5O/c24-23(25,26)20-9-7-18(12-28-20)31(22(27)32)17-6-8-19-15(11-17)3-10-21(29-19)30-13-14-1-4-16(30)5-2-14/h3,6-12,14,16H,1-2,4-5,13H2,(H2,27,32). The Morgan fingerprint density at radius 2 is 1.78 bits per heavy atom. The molecule has 2 N–H and O–H groups in total. The third kappa shape index (κ3) is 3.72. The van der Waals surface area contributed by atoms with Crippen molar-refractivity contribution in [2.24, 2.45) is 11.7 Å². The SMILES string of the molecule is NC(=O)N(c1ccc(C(F)(F)F)nc1)c1ccc2nc(N3CC4CCC3CC4)ccc2c1. The number of amides is 2. The van der Waals surface area contributed by atoms with Crippen molar-refractivity contribution < 1.29 is 18.0 Å². The van der Waals surface area contributed by atoms with Gasteiger partial charge in [-0.1, -0.05) is 0 Å². The van der Waals surface area contributed by atoms with Gasteiger partial charge in [0.05, 0.1) is 23.1 Å². The number of aromatic nitrogens is 2. The van der Waals surface area contributed by atoms with Crippen LogP contribution in [0.1, 0.15) is 31.4 Å². The number of carbonyl (C=O) groups is 1. The Hall–Kier alpha value is -3.36. The lowest BCUT2D eigenvalue weighted by atomic mass is 9.80. The third-order valence-electron chi connectivity index (χ3n) is 6.44. The van der Waals surface area contributed by atoms with Gasteiger partial charge in [-0.05, 0) is 74.1 Å². The smallest absolute Gasteiger partial charge is 0.353 e. The fourth-order valence-electron chi connectivity index (χ4n) is 4.84. The number of nitrogens with zero attached hydrogens (tertiary/aromatic N) is 4. The molecule has 2 aromatic heterocycles. The van der Waals surface area contributed by atoms with E-state index in [4.69, 9.17) is 10.7 Å². The molecule has 9 heteroatoms. The van der Waals surface area contributed by atoms with Gasteiger partial charge >= 0.3 is 12.2 Å². The van der Waals surface area contributed by atoms with E-state index in [9.17, 15) is 18.0 Å². The number of nitrogens with two attached hydrogens (primary N) is 1. The summed E-state index contributed by atoms with van der Waals surface area (Å²) in [6.45, 7) is 1.04. The Morgan fingerprint density at radius 1 is 1.03 bits per heavy atom. The number of alkyl halides is 3. The summed E-state index contributed by atoms with van der Waals surface area (Å²) in [6, 6.07) is 10.9. The minimum absolute atomic E-state index is 0.152. The molecule has 32 heavy (non-hydrogen) atoms. The van der Waals surface area contributed by atoms with E-state index in [-0.39, 0.29) is 5.69 Å². The summed E-state index contributed by atoms with van der Waals surface area (Å²) in [7, 11) is 0. The Kier molecular flexibility index (Phi) is 4.91. The molecular formula is C23H22F3N5O. The molecule has 0 radical (unpaired) electrons. The number of fused-ring (bicyclic) bond motifs is 4. The molecular weight excluding hydrogens is 419 g/mol.